The number of carboxylic acid groups (broad SMARTS) is 1. The average Bonchev–Trinajstić information content (AvgIpc) is 2.75. The van der Waals surface area contributed by atoms with Crippen molar-refractivity contribution >= 4 is 33.5 Å². The van der Waals surface area contributed by atoms with Crippen molar-refractivity contribution in [1.29, 1.82) is 0 Å². The molecule has 0 amide bonds. The van der Waals surface area contributed by atoms with Crippen LogP contribution in [0.5, 0.6) is 0 Å². The van der Waals surface area contributed by atoms with Crippen LogP contribution in [-0.4, -0.2) is 16.2 Å². The van der Waals surface area contributed by atoms with Gasteiger partial charge >= 0.3 is 5.97 Å². The fraction of sp³-hybridized carbons (Fsp3) is 0. The second-order valence-electron chi connectivity index (χ2n) is 3.10. The highest BCUT2D eigenvalue weighted by atomic mass is 79.9. The SMILES string of the molecule is O=C(O)c1cc(-c2ccc(Cl)c(F)c2Br)on1. The van der Waals surface area contributed by atoms with E-state index in [0.29, 0.717) is 5.56 Å². The molecule has 0 saturated heterocycles. The summed E-state index contributed by atoms with van der Waals surface area (Å²) in [5.41, 5.74) is 0.0918. The van der Waals surface area contributed by atoms with Crippen LogP contribution in [0.15, 0.2) is 27.2 Å². The molecule has 88 valence electrons. The molecule has 2 aromatic rings. The Morgan fingerprint density at radius 3 is 2.82 bits per heavy atom. The van der Waals surface area contributed by atoms with Gasteiger partial charge in [-0.15, -0.1) is 0 Å². The third-order valence-corrected chi connectivity index (χ3v) is 3.10. The van der Waals surface area contributed by atoms with Gasteiger partial charge in [-0.05, 0) is 28.1 Å². The van der Waals surface area contributed by atoms with Crippen LogP contribution in [-0.2, 0) is 0 Å². The number of benzene rings is 1. The molecule has 7 heteroatoms. The highest BCUT2D eigenvalue weighted by molar-refractivity contribution is 9.10. The highest BCUT2D eigenvalue weighted by Crippen LogP contribution is 2.34. The molecule has 0 fully saturated rings. The van der Waals surface area contributed by atoms with Gasteiger partial charge in [0.05, 0.1) is 9.50 Å². The van der Waals surface area contributed by atoms with E-state index in [9.17, 15) is 9.18 Å². The maximum atomic E-state index is 13.5. The number of carbonyl (C=O) groups is 1. The molecule has 1 N–H and O–H groups in total. The van der Waals surface area contributed by atoms with Gasteiger partial charge in [0.2, 0.25) is 0 Å². The van der Waals surface area contributed by atoms with E-state index in [4.69, 9.17) is 21.2 Å². The number of nitrogens with zero attached hydrogens (tertiary/aromatic N) is 1. The summed E-state index contributed by atoms with van der Waals surface area (Å²) in [4.78, 5) is 10.6. The number of hydrogen-bond acceptors (Lipinski definition) is 3. The molecule has 0 spiro atoms. The van der Waals surface area contributed by atoms with E-state index < -0.39 is 11.8 Å². The van der Waals surface area contributed by atoms with Crippen LogP contribution in [0.3, 0.4) is 0 Å². The predicted octanol–water partition coefficient (Wildman–Crippen LogP) is 3.59. The Balaban J connectivity index is 2.53. The van der Waals surface area contributed by atoms with E-state index >= 15 is 0 Å². The highest BCUT2D eigenvalue weighted by Gasteiger charge is 2.17. The Morgan fingerprint density at radius 1 is 1.53 bits per heavy atom. The van der Waals surface area contributed by atoms with Gasteiger partial charge in [0.25, 0.3) is 0 Å². The van der Waals surface area contributed by atoms with Crippen LogP contribution < -0.4 is 0 Å². The van der Waals surface area contributed by atoms with E-state index in [1.807, 2.05) is 0 Å². The number of aromatic carboxylic acids is 1. The summed E-state index contributed by atoms with van der Waals surface area (Å²) in [6.07, 6.45) is 0. The van der Waals surface area contributed by atoms with Crippen molar-refractivity contribution in [2.24, 2.45) is 0 Å². The maximum absolute atomic E-state index is 13.5. The van der Waals surface area contributed by atoms with Gasteiger partial charge in [0.15, 0.2) is 17.3 Å². The topological polar surface area (TPSA) is 63.3 Å². The minimum absolute atomic E-state index is 0.0430. The lowest BCUT2D eigenvalue weighted by Gasteiger charge is -2.02. The van der Waals surface area contributed by atoms with E-state index in [0.717, 1.165) is 0 Å². The smallest absolute Gasteiger partial charge is 0.358 e. The standard InChI is InChI=1S/C10H4BrClFNO3/c11-8-4(1-2-5(12)9(8)13)7-3-6(10(15)16)14-17-7/h1-3H,(H,15,16). The number of hydrogen-bond donors (Lipinski definition) is 1. The summed E-state index contributed by atoms with van der Waals surface area (Å²) in [5, 5.41) is 12.0. The van der Waals surface area contributed by atoms with Gasteiger partial charge < -0.3 is 9.63 Å². The first kappa shape index (κ1) is 12.1. The molecular formula is C10H4BrClFNO3. The van der Waals surface area contributed by atoms with E-state index in [-0.39, 0.29) is 20.9 Å². The monoisotopic (exact) mass is 319 g/mol. The Morgan fingerprint density at radius 2 is 2.24 bits per heavy atom. The van der Waals surface area contributed by atoms with Crippen molar-refractivity contribution in [2.75, 3.05) is 0 Å². The zero-order valence-corrected chi connectivity index (χ0v) is 10.4. The third kappa shape index (κ3) is 2.18. The van der Waals surface area contributed by atoms with Gasteiger partial charge in [-0.2, -0.15) is 0 Å². The number of aromatic nitrogens is 1. The van der Waals surface area contributed by atoms with E-state index in [1.165, 1.54) is 18.2 Å². The molecule has 0 unspecified atom stereocenters. The molecule has 17 heavy (non-hydrogen) atoms. The van der Waals surface area contributed by atoms with Gasteiger partial charge in [0.1, 0.15) is 0 Å². The van der Waals surface area contributed by atoms with E-state index in [2.05, 4.69) is 21.1 Å². The molecule has 0 atom stereocenters. The van der Waals surface area contributed by atoms with Gasteiger partial charge in [-0.25, -0.2) is 9.18 Å². The Hall–Kier alpha value is -1.40. The van der Waals surface area contributed by atoms with E-state index in [1.54, 1.807) is 0 Å². The first-order valence-corrected chi connectivity index (χ1v) is 5.51. The predicted molar refractivity (Wildman–Crippen MR) is 61.6 cm³/mol. The lowest BCUT2D eigenvalue weighted by Crippen LogP contribution is -1.94. The van der Waals surface area contributed by atoms with Crippen LogP contribution in [0.2, 0.25) is 5.02 Å². The van der Waals surface area contributed by atoms with Crippen LogP contribution in [0, 0.1) is 5.82 Å². The number of halogens is 3. The van der Waals surface area contributed by atoms with Crippen molar-refractivity contribution < 1.29 is 18.8 Å². The van der Waals surface area contributed by atoms with Crippen LogP contribution in [0.25, 0.3) is 11.3 Å². The maximum Gasteiger partial charge on any atom is 0.358 e. The van der Waals surface area contributed by atoms with Gasteiger partial charge in [-0.3, -0.25) is 0 Å². The largest absolute Gasteiger partial charge is 0.476 e. The minimum atomic E-state index is -1.22. The van der Waals surface area contributed by atoms with Crippen LogP contribution in [0.4, 0.5) is 4.39 Å². The summed E-state index contributed by atoms with van der Waals surface area (Å²) in [6.45, 7) is 0. The zero-order chi connectivity index (χ0) is 12.6. The number of carboxylic acids is 1. The van der Waals surface area contributed by atoms with Crippen LogP contribution in [0.1, 0.15) is 10.5 Å². The summed E-state index contributed by atoms with van der Waals surface area (Å²) >= 11 is 8.60. The van der Waals surface area contributed by atoms with Gasteiger partial charge in [-0.1, -0.05) is 16.8 Å². The fourth-order valence-corrected chi connectivity index (χ4v) is 2.03. The molecule has 0 aliphatic carbocycles. The molecule has 2 rings (SSSR count). The first-order valence-electron chi connectivity index (χ1n) is 4.34. The fourth-order valence-electron chi connectivity index (χ4n) is 1.22. The lowest BCUT2D eigenvalue weighted by atomic mass is 10.1. The molecular weight excluding hydrogens is 316 g/mol. The summed E-state index contributed by atoms with van der Waals surface area (Å²) in [7, 11) is 0. The normalized spacial score (nSPS) is 10.5. The van der Waals surface area contributed by atoms with Gasteiger partial charge in [0, 0.05) is 11.6 Å². The minimum Gasteiger partial charge on any atom is -0.476 e. The molecule has 1 heterocycles. The Bertz CT molecular complexity index is 599. The van der Waals surface area contributed by atoms with Crippen LogP contribution >= 0.6 is 27.5 Å². The molecule has 0 aliphatic rings. The summed E-state index contributed by atoms with van der Waals surface area (Å²) in [5.74, 6) is -1.71. The Labute approximate surface area is 108 Å². The summed E-state index contributed by atoms with van der Waals surface area (Å²) < 4.78 is 18.4. The summed E-state index contributed by atoms with van der Waals surface area (Å²) in [6, 6.07) is 4.05. The molecule has 1 aromatic carbocycles. The second-order valence-corrected chi connectivity index (χ2v) is 4.30. The lowest BCUT2D eigenvalue weighted by molar-refractivity contribution is 0.0686. The van der Waals surface area contributed by atoms with Crippen molar-refractivity contribution in [3.63, 3.8) is 0 Å². The molecule has 1 aromatic heterocycles. The molecule has 4 nitrogen and oxygen atoms in total. The van der Waals surface area contributed by atoms with Crippen molar-refractivity contribution in [2.45, 2.75) is 0 Å². The molecule has 0 saturated carbocycles. The molecule has 0 radical (unpaired) electrons. The first-order chi connectivity index (χ1) is 8.00. The second kappa shape index (κ2) is 4.46. The third-order valence-electron chi connectivity index (χ3n) is 2.03. The number of rotatable bonds is 2. The average molecular weight is 321 g/mol. The zero-order valence-electron chi connectivity index (χ0n) is 8.08. The Kier molecular flexibility index (Phi) is 3.17. The van der Waals surface area contributed by atoms with Crippen molar-refractivity contribution in [1.82, 2.24) is 5.16 Å². The van der Waals surface area contributed by atoms with Crippen molar-refractivity contribution in [3.05, 3.63) is 39.2 Å². The quantitative estimate of drug-likeness (QED) is 0.859. The molecule has 0 aliphatic heterocycles. The van der Waals surface area contributed by atoms with Crippen molar-refractivity contribution in [3.8, 4) is 11.3 Å². The molecule has 0 bridgehead atoms.